The summed E-state index contributed by atoms with van der Waals surface area (Å²) in [5, 5.41) is 0. The highest BCUT2D eigenvalue weighted by Gasteiger charge is 3.05. The van der Waals surface area contributed by atoms with Crippen LogP contribution in [0.5, 0.6) is 0 Å². The highest BCUT2D eigenvalue weighted by Crippen LogP contribution is 2.72. The largest absolute Gasteiger partial charge is 0.430 e. The summed E-state index contributed by atoms with van der Waals surface area (Å²) in [6.45, 7) is 0. The highest BCUT2D eigenvalue weighted by molar-refractivity contribution is 5.29. The molecule has 1 rings (SSSR count). The van der Waals surface area contributed by atoms with Crippen molar-refractivity contribution in [2.45, 2.75) is 35.5 Å². The Balaban J connectivity index is 3.83. The Morgan fingerprint density at radius 1 is 0.632 bits per heavy atom. The van der Waals surface area contributed by atoms with Crippen molar-refractivity contribution in [1.29, 1.82) is 0 Å². The first-order valence-corrected chi connectivity index (χ1v) is 4.19. The molecule has 0 aromatic rings. The van der Waals surface area contributed by atoms with Crippen LogP contribution in [0.1, 0.15) is 0 Å². The van der Waals surface area contributed by atoms with Gasteiger partial charge in [-0.3, -0.25) is 0 Å². The first-order valence-electron chi connectivity index (χ1n) is 4.19. The van der Waals surface area contributed by atoms with E-state index in [1.54, 1.807) is 0 Å². The lowest BCUT2D eigenvalue weighted by Crippen LogP contribution is -2.68. The maximum absolute atomic E-state index is 13.0. The molecule has 114 valence electrons. The number of hydrogen-bond acceptors (Lipinski definition) is 1. The van der Waals surface area contributed by atoms with Gasteiger partial charge in [0.2, 0.25) is 0 Å². The van der Waals surface area contributed by atoms with E-state index in [2.05, 4.69) is 4.74 Å². The molecule has 0 amide bonds. The lowest BCUT2D eigenvalue weighted by molar-refractivity contribution is -0.395. The van der Waals surface area contributed by atoms with E-state index in [-0.39, 0.29) is 0 Å². The Bertz CT molecular complexity index is 355. The molecule has 19 heavy (non-hydrogen) atoms. The van der Waals surface area contributed by atoms with Crippen molar-refractivity contribution >= 4 is 0 Å². The van der Waals surface area contributed by atoms with Gasteiger partial charge in [-0.2, -0.15) is 48.3 Å². The van der Waals surface area contributed by atoms with E-state index in [0.717, 1.165) is 0 Å². The second-order valence-electron chi connectivity index (χ2n) is 3.68. The molecule has 0 bridgehead atoms. The van der Waals surface area contributed by atoms with Gasteiger partial charge in [0.05, 0.1) is 0 Å². The van der Waals surface area contributed by atoms with Crippen LogP contribution in [0.15, 0.2) is 0 Å². The minimum absolute atomic E-state index is 0.438. The summed E-state index contributed by atoms with van der Waals surface area (Å²) >= 11 is 0. The molecule has 1 aliphatic rings. The van der Waals surface area contributed by atoms with Crippen LogP contribution in [-0.4, -0.2) is 42.6 Å². The SMILES string of the molecule is COC1(C(F)(F)F)C(F)(F)C(F)(F)C(F)(F)C1(F)F. The third-order valence-electron chi connectivity index (χ3n) is 2.77. The minimum Gasteiger partial charge on any atom is -0.359 e. The maximum atomic E-state index is 13.0. The molecular formula is C7H3F11O. The van der Waals surface area contributed by atoms with Gasteiger partial charge in [0.15, 0.2) is 0 Å². The van der Waals surface area contributed by atoms with E-state index < -0.39 is 42.6 Å². The van der Waals surface area contributed by atoms with Crippen molar-refractivity contribution in [1.82, 2.24) is 0 Å². The van der Waals surface area contributed by atoms with Gasteiger partial charge in [-0.15, -0.1) is 0 Å². The van der Waals surface area contributed by atoms with E-state index in [1.165, 1.54) is 0 Å². The molecule has 0 aliphatic heterocycles. The molecule has 0 radical (unpaired) electrons. The van der Waals surface area contributed by atoms with E-state index in [9.17, 15) is 48.3 Å². The van der Waals surface area contributed by atoms with Crippen LogP contribution < -0.4 is 0 Å². The summed E-state index contributed by atoms with van der Waals surface area (Å²) in [6.07, 6.45) is -6.88. The van der Waals surface area contributed by atoms with Crippen molar-refractivity contribution in [2.75, 3.05) is 7.11 Å². The number of alkyl halides is 11. The molecule has 12 heteroatoms. The van der Waals surface area contributed by atoms with Crippen LogP contribution in [0.4, 0.5) is 48.3 Å². The molecule has 0 spiro atoms. The lowest BCUT2D eigenvalue weighted by atomic mass is 9.93. The Morgan fingerprint density at radius 3 is 1.00 bits per heavy atom. The van der Waals surface area contributed by atoms with Gasteiger partial charge in [-0.05, 0) is 0 Å². The Hall–Kier alpha value is -0.810. The number of methoxy groups -OCH3 is 1. The zero-order valence-electron chi connectivity index (χ0n) is 8.57. The fourth-order valence-corrected chi connectivity index (χ4v) is 1.76. The first-order chi connectivity index (χ1) is 8.06. The second-order valence-corrected chi connectivity index (χ2v) is 3.68. The quantitative estimate of drug-likeness (QED) is 0.674. The summed E-state index contributed by atoms with van der Waals surface area (Å²) in [4.78, 5) is 0. The molecule has 1 aliphatic carbocycles. The van der Waals surface area contributed by atoms with E-state index in [0.29, 0.717) is 0 Å². The maximum Gasteiger partial charge on any atom is 0.430 e. The molecule has 0 atom stereocenters. The molecule has 0 saturated heterocycles. The van der Waals surface area contributed by atoms with Crippen molar-refractivity contribution in [3.8, 4) is 0 Å². The van der Waals surface area contributed by atoms with Crippen LogP contribution in [0.2, 0.25) is 0 Å². The fourth-order valence-electron chi connectivity index (χ4n) is 1.76. The van der Waals surface area contributed by atoms with Crippen molar-refractivity contribution in [3.05, 3.63) is 0 Å². The summed E-state index contributed by atoms with van der Waals surface area (Å²) in [5.41, 5.74) is -6.33. The Labute approximate surface area is 96.9 Å². The minimum atomic E-state index is -6.95. The number of ether oxygens (including phenoxy) is 1. The Morgan fingerprint density at radius 2 is 0.895 bits per heavy atom. The third-order valence-corrected chi connectivity index (χ3v) is 2.77. The van der Waals surface area contributed by atoms with Crippen LogP contribution in [0, 0.1) is 0 Å². The van der Waals surface area contributed by atoms with E-state index in [1.807, 2.05) is 0 Å². The normalized spacial score (nSPS) is 30.3. The summed E-state index contributed by atoms with van der Waals surface area (Å²) < 4.78 is 142. The fraction of sp³-hybridized carbons (Fsp3) is 1.00. The summed E-state index contributed by atoms with van der Waals surface area (Å²) in [5.74, 6) is -27.6. The molecule has 0 heterocycles. The van der Waals surface area contributed by atoms with Gasteiger partial charge in [0.1, 0.15) is 0 Å². The third kappa shape index (κ3) is 1.26. The van der Waals surface area contributed by atoms with Gasteiger partial charge >= 0.3 is 35.5 Å². The average molecular weight is 312 g/mol. The summed E-state index contributed by atoms with van der Waals surface area (Å²) in [6, 6.07) is 0. The molecule has 1 fully saturated rings. The van der Waals surface area contributed by atoms with Crippen molar-refractivity contribution in [2.24, 2.45) is 0 Å². The van der Waals surface area contributed by atoms with E-state index >= 15 is 0 Å². The van der Waals surface area contributed by atoms with Crippen molar-refractivity contribution < 1.29 is 53.0 Å². The predicted octanol–water partition coefficient (Wildman–Crippen LogP) is 3.49. The zero-order valence-corrected chi connectivity index (χ0v) is 8.57. The topological polar surface area (TPSA) is 9.23 Å². The first kappa shape index (κ1) is 16.2. The van der Waals surface area contributed by atoms with Crippen LogP contribution in [-0.2, 0) is 4.74 Å². The smallest absolute Gasteiger partial charge is 0.359 e. The van der Waals surface area contributed by atoms with E-state index in [4.69, 9.17) is 0 Å². The summed E-state index contributed by atoms with van der Waals surface area (Å²) in [7, 11) is -0.438. The lowest BCUT2D eigenvalue weighted by Gasteiger charge is -2.37. The number of halogens is 11. The van der Waals surface area contributed by atoms with Gasteiger partial charge in [-0.1, -0.05) is 0 Å². The molecular weight excluding hydrogens is 309 g/mol. The van der Waals surface area contributed by atoms with Gasteiger partial charge in [-0.25, -0.2) is 0 Å². The van der Waals surface area contributed by atoms with Gasteiger partial charge in [0.25, 0.3) is 0 Å². The number of rotatable bonds is 1. The molecule has 0 aromatic carbocycles. The van der Waals surface area contributed by atoms with Crippen LogP contribution in [0.3, 0.4) is 0 Å². The molecule has 0 unspecified atom stereocenters. The average Bonchev–Trinajstić information content (AvgIpc) is 2.19. The number of hydrogen-bond donors (Lipinski definition) is 0. The van der Waals surface area contributed by atoms with Crippen LogP contribution >= 0.6 is 0 Å². The van der Waals surface area contributed by atoms with Crippen LogP contribution in [0.25, 0.3) is 0 Å². The molecule has 1 saturated carbocycles. The Kier molecular flexibility index (Phi) is 2.94. The highest BCUT2D eigenvalue weighted by atomic mass is 19.4. The standard InChI is InChI=1S/C7H3F11O/c1-19-2(7(16,17)18)3(8,9)5(12,13)6(14,15)4(2,10)11/h1H3. The van der Waals surface area contributed by atoms with Gasteiger partial charge in [0, 0.05) is 7.11 Å². The zero-order chi connectivity index (χ0) is 15.7. The monoisotopic (exact) mass is 312 g/mol. The molecule has 0 aromatic heterocycles. The molecule has 1 nitrogen and oxygen atoms in total. The van der Waals surface area contributed by atoms with Crippen molar-refractivity contribution in [3.63, 3.8) is 0 Å². The second kappa shape index (κ2) is 3.44. The predicted molar refractivity (Wildman–Crippen MR) is 35.6 cm³/mol. The van der Waals surface area contributed by atoms with Gasteiger partial charge < -0.3 is 4.74 Å². The molecule has 0 N–H and O–H groups in total.